The minimum atomic E-state index is 0.482. The third-order valence-electron chi connectivity index (χ3n) is 4.44. The van der Waals surface area contributed by atoms with Crippen LogP contribution in [0.2, 0.25) is 0 Å². The Morgan fingerprint density at radius 3 is 2.90 bits per heavy atom. The van der Waals surface area contributed by atoms with Gasteiger partial charge >= 0.3 is 0 Å². The second kappa shape index (κ2) is 5.88. The van der Waals surface area contributed by atoms with Crippen molar-refractivity contribution in [1.82, 2.24) is 14.8 Å². The molecule has 0 spiro atoms. The van der Waals surface area contributed by atoms with E-state index >= 15 is 0 Å². The van der Waals surface area contributed by atoms with Crippen molar-refractivity contribution in [3.8, 4) is 5.82 Å². The van der Waals surface area contributed by atoms with Crippen LogP contribution in [0.25, 0.3) is 5.82 Å². The smallest absolute Gasteiger partial charge is 0.176 e. The van der Waals surface area contributed by atoms with Crippen molar-refractivity contribution >= 4 is 5.69 Å². The summed E-state index contributed by atoms with van der Waals surface area (Å²) >= 11 is 0. The van der Waals surface area contributed by atoms with E-state index in [0.29, 0.717) is 11.5 Å². The van der Waals surface area contributed by atoms with Gasteiger partial charge in [0.05, 0.1) is 5.69 Å². The molecular weight excluding hydrogens is 260 g/mol. The van der Waals surface area contributed by atoms with Gasteiger partial charge < -0.3 is 5.32 Å². The fourth-order valence-corrected chi connectivity index (χ4v) is 3.11. The molecule has 0 amide bonds. The highest BCUT2D eigenvalue weighted by Crippen LogP contribution is 2.35. The maximum absolute atomic E-state index is 4.48. The Morgan fingerprint density at radius 2 is 2.10 bits per heavy atom. The van der Waals surface area contributed by atoms with E-state index in [1.165, 1.54) is 32.1 Å². The van der Waals surface area contributed by atoms with Crippen LogP contribution in [0.15, 0.2) is 36.8 Å². The van der Waals surface area contributed by atoms with Gasteiger partial charge in [0.25, 0.3) is 0 Å². The molecule has 1 N–H and O–H groups in total. The molecule has 0 bridgehead atoms. The molecule has 4 heteroatoms. The number of nitrogens with zero attached hydrogens (tertiary/aromatic N) is 3. The average Bonchev–Trinajstić information content (AvgIpc) is 2.93. The number of aromatic nitrogens is 3. The van der Waals surface area contributed by atoms with Crippen molar-refractivity contribution in [3.63, 3.8) is 0 Å². The molecule has 1 unspecified atom stereocenters. The molecule has 0 aliphatic heterocycles. The third kappa shape index (κ3) is 3.43. The van der Waals surface area contributed by atoms with Crippen LogP contribution in [0.1, 0.15) is 46.0 Å². The average molecular weight is 284 g/mol. The molecule has 112 valence electrons. The van der Waals surface area contributed by atoms with Gasteiger partial charge in [-0.2, -0.15) is 5.10 Å². The molecule has 2 aromatic heterocycles. The zero-order valence-corrected chi connectivity index (χ0v) is 12.9. The molecule has 1 saturated carbocycles. The summed E-state index contributed by atoms with van der Waals surface area (Å²) in [7, 11) is 0. The lowest BCUT2D eigenvalue weighted by Gasteiger charge is -2.22. The summed E-state index contributed by atoms with van der Waals surface area (Å²) in [6, 6.07) is 6.54. The Balaban J connectivity index is 1.76. The summed E-state index contributed by atoms with van der Waals surface area (Å²) < 4.78 is 1.82. The fourth-order valence-electron chi connectivity index (χ4n) is 3.11. The van der Waals surface area contributed by atoms with Crippen LogP contribution in [0.3, 0.4) is 0 Å². The number of nitrogens with one attached hydrogen (secondary N) is 1. The van der Waals surface area contributed by atoms with E-state index in [4.69, 9.17) is 0 Å². The summed E-state index contributed by atoms with van der Waals surface area (Å²) in [4.78, 5) is 4.48. The first-order valence-corrected chi connectivity index (χ1v) is 7.86. The molecule has 1 fully saturated rings. The highest BCUT2D eigenvalue weighted by Gasteiger charge is 2.24. The van der Waals surface area contributed by atoms with Gasteiger partial charge in [0.1, 0.15) is 0 Å². The molecule has 0 aromatic carbocycles. The maximum Gasteiger partial charge on any atom is 0.176 e. The largest absolute Gasteiger partial charge is 0.379 e. The quantitative estimate of drug-likeness (QED) is 0.865. The van der Waals surface area contributed by atoms with Gasteiger partial charge in [-0.15, -0.1) is 0 Å². The van der Waals surface area contributed by atoms with Gasteiger partial charge in [0.15, 0.2) is 5.82 Å². The first-order chi connectivity index (χ1) is 10.1. The first-order valence-electron chi connectivity index (χ1n) is 7.86. The summed E-state index contributed by atoms with van der Waals surface area (Å²) in [5.41, 5.74) is 1.56. The number of anilines is 1. The van der Waals surface area contributed by atoms with Crippen LogP contribution in [0.4, 0.5) is 5.69 Å². The monoisotopic (exact) mass is 284 g/mol. The van der Waals surface area contributed by atoms with Crippen molar-refractivity contribution in [2.45, 2.75) is 52.0 Å². The van der Waals surface area contributed by atoms with Crippen LogP contribution in [-0.2, 0) is 0 Å². The number of rotatable bonds is 3. The van der Waals surface area contributed by atoms with E-state index < -0.39 is 0 Å². The Morgan fingerprint density at radius 1 is 1.19 bits per heavy atom. The molecule has 0 saturated heterocycles. The Bertz CT molecular complexity index is 574. The Hall–Kier alpha value is -1.84. The molecule has 1 aliphatic carbocycles. The Labute approximate surface area is 126 Å². The summed E-state index contributed by atoms with van der Waals surface area (Å²) in [5, 5.41) is 7.99. The SMILES string of the molecule is CC1(C)CCCC(Nc2cccnc2-n2cccn2)CC1. The predicted molar refractivity (Wildman–Crippen MR) is 85.6 cm³/mol. The molecule has 4 nitrogen and oxygen atoms in total. The van der Waals surface area contributed by atoms with Crippen LogP contribution < -0.4 is 5.32 Å². The van der Waals surface area contributed by atoms with Crippen molar-refractivity contribution in [2.24, 2.45) is 5.41 Å². The second-order valence-electron chi connectivity index (χ2n) is 6.76. The minimum absolute atomic E-state index is 0.482. The topological polar surface area (TPSA) is 42.7 Å². The molecule has 1 aliphatic rings. The number of hydrogen-bond donors (Lipinski definition) is 1. The Kier molecular flexibility index (Phi) is 3.95. The normalized spacial score (nSPS) is 21.7. The van der Waals surface area contributed by atoms with Gasteiger partial charge in [0, 0.05) is 24.6 Å². The van der Waals surface area contributed by atoms with E-state index in [2.05, 4.69) is 35.3 Å². The van der Waals surface area contributed by atoms with Crippen molar-refractivity contribution in [3.05, 3.63) is 36.8 Å². The minimum Gasteiger partial charge on any atom is -0.379 e. The van der Waals surface area contributed by atoms with Gasteiger partial charge in [-0.05, 0) is 49.3 Å². The zero-order valence-electron chi connectivity index (χ0n) is 12.9. The first kappa shape index (κ1) is 14.1. The lowest BCUT2D eigenvalue weighted by atomic mass is 9.85. The molecule has 2 heterocycles. The van der Waals surface area contributed by atoms with Crippen molar-refractivity contribution < 1.29 is 0 Å². The highest BCUT2D eigenvalue weighted by atomic mass is 15.3. The number of hydrogen-bond acceptors (Lipinski definition) is 3. The van der Waals surface area contributed by atoms with Crippen LogP contribution >= 0.6 is 0 Å². The van der Waals surface area contributed by atoms with Gasteiger partial charge in [-0.3, -0.25) is 0 Å². The van der Waals surface area contributed by atoms with E-state index in [0.717, 1.165) is 11.5 Å². The highest BCUT2D eigenvalue weighted by molar-refractivity contribution is 5.56. The lowest BCUT2D eigenvalue weighted by Crippen LogP contribution is -2.20. The molecule has 2 aromatic rings. The molecular formula is C17H24N4. The third-order valence-corrected chi connectivity index (χ3v) is 4.44. The van der Waals surface area contributed by atoms with Crippen LogP contribution in [0.5, 0.6) is 0 Å². The second-order valence-corrected chi connectivity index (χ2v) is 6.76. The number of pyridine rings is 1. The van der Waals surface area contributed by atoms with E-state index in [1.807, 2.05) is 29.2 Å². The van der Waals surface area contributed by atoms with E-state index in [-0.39, 0.29) is 0 Å². The van der Waals surface area contributed by atoms with Gasteiger partial charge in [-0.1, -0.05) is 20.3 Å². The molecule has 3 rings (SSSR count). The lowest BCUT2D eigenvalue weighted by molar-refractivity contribution is 0.313. The summed E-state index contributed by atoms with van der Waals surface area (Å²) in [6.07, 6.45) is 11.9. The van der Waals surface area contributed by atoms with Crippen molar-refractivity contribution in [1.29, 1.82) is 0 Å². The molecule has 0 radical (unpaired) electrons. The molecule has 21 heavy (non-hydrogen) atoms. The van der Waals surface area contributed by atoms with Gasteiger partial charge in [0.2, 0.25) is 0 Å². The van der Waals surface area contributed by atoms with E-state index in [9.17, 15) is 0 Å². The van der Waals surface area contributed by atoms with E-state index in [1.54, 1.807) is 6.20 Å². The maximum atomic E-state index is 4.48. The fraction of sp³-hybridized carbons (Fsp3) is 0.529. The zero-order chi connectivity index (χ0) is 14.7. The molecule has 1 atom stereocenters. The standard InChI is InChI=1S/C17H24N4/c1-17(2)9-3-6-14(8-10-17)20-15-7-4-11-18-16(15)21-13-5-12-19-21/h4-5,7,11-14,20H,3,6,8-10H2,1-2H3. The predicted octanol–water partition coefficient (Wildman–Crippen LogP) is 4.04. The van der Waals surface area contributed by atoms with Crippen LogP contribution in [-0.4, -0.2) is 20.8 Å². The van der Waals surface area contributed by atoms with Gasteiger partial charge in [-0.25, -0.2) is 9.67 Å². The van der Waals surface area contributed by atoms with Crippen molar-refractivity contribution in [2.75, 3.05) is 5.32 Å². The summed E-state index contributed by atoms with van der Waals surface area (Å²) in [6.45, 7) is 4.77. The summed E-state index contributed by atoms with van der Waals surface area (Å²) in [5.74, 6) is 0.881. The van der Waals surface area contributed by atoms with Crippen LogP contribution in [0, 0.1) is 5.41 Å².